The van der Waals surface area contributed by atoms with E-state index in [1.807, 2.05) is 6.07 Å². The van der Waals surface area contributed by atoms with E-state index in [4.69, 9.17) is 6.11 Å². The van der Waals surface area contributed by atoms with Crippen molar-refractivity contribution in [3.63, 3.8) is 0 Å². The molecule has 0 amide bonds. The van der Waals surface area contributed by atoms with Crippen LogP contribution in [0.15, 0.2) is 60.8 Å². The number of anilines is 2. The molecule has 3 aromatic rings. The molecule has 0 spiro atoms. The number of pyridine rings is 1. The van der Waals surface area contributed by atoms with Crippen LogP contribution in [0, 0.1) is 0 Å². The number of piperidine rings is 1. The van der Waals surface area contributed by atoms with Crippen LogP contribution in [0.3, 0.4) is 0 Å². The lowest BCUT2D eigenvalue weighted by Crippen LogP contribution is -2.61. The van der Waals surface area contributed by atoms with E-state index in [1.54, 1.807) is 6.07 Å². The number of aromatic nitrogens is 1. The molecule has 35 heavy (non-hydrogen) atoms. The van der Waals surface area contributed by atoms with Crippen molar-refractivity contribution in [3.8, 4) is 0 Å². The summed E-state index contributed by atoms with van der Waals surface area (Å²) in [7, 11) is 0. The van der Waals surface area contributed by atoms with Gasteiger partial charge in [0, 0.05) is 73.8 Å². The topological polar surface area (TPSA) is 52.7 Å². The second-order valence-corrected chi connectivity index (χ2v) is 10.4. The highest BCUT2D eigenvalue weighted by atomic mass is 16.5. The first kappa shape index (κ1) is 21.6. The Bertz CT molecular complexity index is 1180. The number of piperazine rings is 1. The minimum absolute atomic E-state index is 0.282. The molecule has 6 rings (SSSR count). The van der Waals surface area contributed by atoms with Gasteiger partial charge in [-0.2, -0.15) is 0 Å². The van der Waals surface area contributed by atoms with Gasteiger partial charge in [-0.3, -0.25) is 9.88 Å². The van der Waals surface area contributed by atoms with E-state index in [0.717, 1.165) is 63.1 Å². The van der Waals surface area contributed by atoms with E-state index in [9.17, 15) is 0 Å². The fourth-order valence-electron chi connectivity index (χ4n) is 6.21. The summed E-state index contributed by atoms with van der Waals surface area (Å²) >= 11 is 0. The van der Waals surface area contributed by atoms with Gasteiger partial charge in [-0.1, -0.05) is 18.2 Å². The largest absolute Gasteiger partial charge is 0.382 e. The molecule has 1 aromatic heterocycles. The molecule has 4 heterocycles. The number of nitrogens with one attached hydrogen (secondary N) is 2. The lowest BCUT2D eigenvalue weighted by Gasteiger charge is -2.50. The molecule has 2 N–H and O–H groups in total. The zero-order valence-electron chi connectivity index (χ0n) is 21.6. The van der Waals surface area contributed by atoms with E-state index >= 15 is 0 Å². The lowest BCUT2D eigenvalue weighted by molar-refractivity contribution is 0.0292. The van der Waals surface area contributed by atoms with Crippen LogP contribution in [-0.4, -0.2) is 73.4 Å². The molecule has 3 aliphatic rings. The van der Waals surface area contributed by atoms with E-state index in [0.29, 0.717) is 24.3 Å². The van der Waals surface area contributed by atoms with Gasteiger partial charge in [0.25, 0.3) is 0 Å². The summed E-state index contributed by atoms with van der Waals surface area (Å²) in [5, 5.41) is 8.39. The molecule has 184 valence electrons. The number of morpholine rings is 1. The number of hydrogen-bond acceptors (Lipinski definition) is 6. The molecular weight excluding hydrogens is 434 g/mol. The summed E-state index contributed by atoms with van der Waals surface area (Å²) in [6, 6.07) is 20.6. The molecule has 3 fully saturated rings. The quantitative estimate of drug-likeness (QED) is 0.587. The van der Waals surface area contributed by atoms with Crippen LogP contribution in [0.1, 0.15) is 26.7 Å². The van der Waals surface area contributed by atoms with E-state index in [1.165, 1.54) is 23.4 Å². The summed E-state index contributed by atoms with van der Waals surface area (Å²) in [6.07, 6.45) is 3.89. The van der Waals surface area contributed by atoms with Crippen LogP contribution >= 0.6 is 0 Å². The Kier molecular flexibility index (Phi) is 6.25. The summed E-state index contributed by atoms with van der Waals surface area (Å²) < 4.78 is 13.7. The minimum Gasteiger partial charge on any atom is -0.382 e. The molecule has 3 saturated heterocycles. The molecule has 0 unspecified atom stereocenters. The highest BCUT2D eigenvalue weighted by Gasteiger charge is 2.37. The number of nitrogens with zero attached hydrogens (tertiary/aromatic N) is 3. The van der Waals surface area contributed by atoms with Crippen molar-refractivity contribution in [3.05, 3.63) is 66.3 Å². The Balaban J connectivity index is 1.11. The Morgan fingerprint density at radius 3 is 2.91 bits per heavy atom. The summed E-state index contributed by atoms with van der Waals surface area (Å²) in [6.45, 7) is 8.27. The molecule has 4 atom stereocenters. The van der Waals surface area contributed by atoms with Crippen molar-refractivity contribution in [1.82, 2.24) is 15.2 Å². The van der Waals surface area contributed by atoms with Crippen LogP contribution in [0.2, 0.25) is 0 Å². The highest BCUT2D eigenvalue weighted by Crippen LogP contribution is 2.32. The van der Waals surface area contributed by atoms with Gasteiger partial charge in [0.15, 0.2) is 0 Å². The van der Waals surface area contributed by atoms with Crippen LogP contribution < -0.4 is 15.5 Å². The van der Waals surface area contributed by atoms with Gasteiger partial charge in [-0.15, -0.1) is 0 Å². The molecule has 0 saturated carbocycles. The first-order valence-electron chi connectivity index (χ1n) is 13.7. The first-order chi connectivity index (χ1) is 17.6. The maximum absolute atomic E-state index is 7.88. The smallest absolute Gasteiger partial charge is 0.0840 e. The van der Waals surface area contributed by atoms with Crippen LogP contribution in [0.5, 0.6) is 0 Å². The fourth-order valence-corrected chi connectivity index (χ4v) is 6.21. The van der Waals surface area contributed by atoms with Crippen LogP contribution in [0.4, 0.5) is 11.4 Å². The van der Waals surface area contributed by atoms with Crippen molar-refractivity contribution in [1.29, 1.82) is 0 Å². The maximum atomic E-state index is 7.88. The number of ether oxygens (including phenoxy) is 1. The first-order valence-corrected chi connectivity index (χ1v) is 13.2. The zero-order chi connectivity index (χ0) is 24.5. The Hall–Kier alpha value is -2.67. The summed E-state index contributed by atoms with van der Waals surface area (Å²) in [5.74, 6) is 0. The van der Waals surface area contributed by atoms with Gasteiger partial charge in [0.2, 0.25) is 0 Å². The van der Waals surface area contributed by atoms with E-state index in [-0.39, 0.29) is 6.10 Å². The number of hydrogen-bond donors (Lipinski definition) is 2. The van der Waals surface area contributed by atoms with Gasteiger partial charge in [0.1, 0.15) is 0 Å². The third kappa shape index (κ3) is 5.01. The van der Waals surface area contributed by atoms with Crippen molar-refractivity contribution in [2.45, 2.75) is 50.4 Å². The molecular formula is C29H37N5O. The predicted octanol–water partition coefficient (Wildman–Crippen LogP) is 3.92. The molecule has 6 nitrogen and oxygen atoms in total. The molecule has 0 radical (unpaired) electrons. The fraction of sp³-hybridized carbons (Fsp3) is 0.483. The molecule has 3 aliphatic heterocycles. The minimum atomic E-state index is 0.282. The normalized spacial score (nSPS) is 27.9. The Morgan fingerprint density at radius 2 is 2.06 bits per heavy atom. The van der Waals surface area contributed by atoms with Crippen molar-refractivity contribution >= 4 is 22.3 Å². The second-order valence-electron chi connectivity index (χ2n) is 10.4. The van der Waals surface area contributed by atoms with E-state index < -0.39 is 0 Å². The third-order valence-electron chi connectivity index (χ3n) is 7.95. The van der Waals surface area contributed by atoms with Gasteiger partial charge in [-0.05, 0) is 68.1 Å². The number of benzene rings is 2. The lowest BCUT2D eigenvalue weighted by atomic mass is 9.92. The predicted molar refractivity (Wildman–Crippen MR) is 143 cm³/mol. The van der Waals surface area contributed by atoms with Gasteiger partial charge in [0.05, 0.1) is 19.6 Å². The monoisotopic (exact) mass is 472 g/mol. The average Bonchev–Trinajstić information content (AvgIpc) is 2.90. The van der Waals surface area contributed by atoms with Crippen LogP contribution in [0.25, 0.3) is 10.9 Å². The number of fused-ring (bicyclic) bond motifs is 2. The van der Waals surface area contributed by atoms with Gasteiger partial charge in [-0.25, -0.2) is 0 Å². The summed E-state index contributed by atoms with van der Waals surface area (Å²) in [5.41, 5.74) is 4.71. The van der Waals surface area contributed by atoms with E-state index in [2.05, 4.69) is 74.8 Å². The molecule has 0 bridgehead atoms. The average molecular weight is 473 g/mol. The van der Waals surface area contributed by atoms with Crippen LogP contribution in [-0.2, 0) is 11.2 Å². The number of rotatable bonds is 5. The second kappa shape index (κ2) is 10.1. The van der Waals surface area contributed by atoms with Crippen molar-refractivity contribution < 1.29 is 6.11 Å². The third-order valence-corrected chi connectivity index (χ3v) is 7.95. The zero-order valence-corrected chi connectivity index (χ0v) is 20.6. The standard InChI is InChI=1S/C29H37N5O/c1-21-19-33(29-6-2-5-28-27(29)4-3-12-31-28)20-25-17-24(11-14-34(21)25)32-23-9-7-22(8-10-23)16-26-18-30-13-15-35-26/h2-10,12,21,24-26,30,32H,11,13-20H2,1H3/t21-,24-,25+,26-/m1/s1/i12D. The maximum Gasteiger partial charge on any atom is 0.0840 e. The molecule has 6 heteroatoms. The van der Waals surface area contributed by atoms with Gasteiger partial charge < -0.3 is 20.3 Å². The summed E-state index contributed by atoms with van der Waals surface area (Å²) in [4.78, 5) is 9.69. The Morgan fingerprint density at radius 1 is 1.14 bits per heavy atom. The Labute approximate surface area is 210 Å². The van der Waals surface area contributed by atoms with Crippen molar-refractivity contribution in [2.24, 2.45) is 0 Å². The molecule has 0 aliphatic carbocycles. The SMILES string of the molecule is [2H]c1ccc2c(N3C[C@@H]4C[C@H](Nc5ccc(C[C@@H]6CNCCO6)cc5)CCN4[C@H](C)C3)cccc2n1. The highest BCUT2D eigenvalue weighted by molar-refractivity contribution is 5.91. The molecule has 2 aromatic carbocycles. The van der Waals surface area contributed by atoms with Crippen molar-refractivity contribution in [2.75, 3.05) is 49.5 Å². The van der Waals surface area contributed by atoms with Gasteiger partial charge >= 0.3 is 0 Å².